The van der Waals surface area contributed by atoms with Crippen molar-refractivity contribution in [3.8, 4) is 0 Å². The normalized spacial score (nSPS) is 12.3. The first-order valence-corrected chi connectivity index (χ1v) is 35.0. The number of hydrogen-bond acceptors (Lipinski definition) is 21. The quantitative estimate of drug-likeness (QED) is 0.0355. The van der Waals surface area contributed by atoms with Gasteiger partial charge < -0.3 is 99.5 Å². The van der Waals surface area contributed by atoms with Crippen LogP contribution in [0.3, 0.4) is 0 Å². The van der Waals surface area contributed by atoms with E-state index in [2.05, 4.69) is 181 Å². The Kier molecular flexibility index (Phi) is 68.7. The van der Waals surface area contributed by atoms with Crippen LogP contribution in [0.1, 0.15) is 0 Å². The van der Waals surface area contributed by atoms with Gasteiger partial charge in [-0.3, -0.25) is 0 Å². The predicted molar refractivity (Wildman–Crippen MR) is 333 cm³/mol. The fourth-order valence-electron chi connectivity index (χ4n) is 5.17. The lowest BCUT2D eigenvalue weighted by Crippen LogP contribution is -2.42. The molecule has 0 N–H and O–H groups in total. The molecule has 0 aliphatic carbocycles. The van der Waals surface area contributed by atoms with Crippen molar-refractivity contribution in [1.82, 2.24) is 0 Å². The minimum absolute atomic E-state index is 0.0936. The van der Waals surface area contributed by atoms with Gasteiger partial charge in [0.25, 0.3) is 0 Å². The van der Waals surface area contributed by atoms with Crippen LogP contribution in [0.5, 0.6) is 0 Å². The summed E-state index contributed by atoms with van der Waals surface area (Å²) in [6.07, 6.45) is -3.14. The third-order valence-electron chi connectivity index (χ3n) is 8.48. The second-order valence-corrected chi connectivity index (χ2v) is 18.9. The zero-order chi connectivity index (χ0) is 51.8. The van der Waals surface area contributed by atoms with E-state index in [-0.39, 0.29) is 79.3 Å². The minimum Gasteiger partial charge on any atom is -0.376 e. The van der Waals surface area contributed by atoms with Crippen molar-refractivity contribution in [3.05, 3.63) is 0 Å². The van der Waals surface area contributed by atoms with Gasteiger partial charge in [-0.05, 0) is 0 Å². The summed E-state index contributed by atoms with van der Waals surface area (Å²) in [6.45, 7) is 9.16. The Morgan fingerprint density at radius 3 is 0.451 bits per heavy atom. The number of alkyl halides is 8. The maximum Gasteiger partial charge on any atom is 0.105 e. The van der Waals surface area contributed by atoms with Gasteiger partial charge in [-0.1, -0.05) is 181 Å². The Morgan fingerprint density at radius 2 is 0.310 bits per heavy atom. The first-order valence-electron chi connectivity index (χ1n) is 22.8. The zero-order valence-electron chi connectivity index (χ0n) is 40.5. The van der Waals surface area contributed by atoms with Gasteiger partial charge in [0.15, 0.2) is 0 Å². The molecule has 0 amide bonds. The lowest BCUT2D eigenvalue weighted by Gasteiger charge is -2.30. The van der Waals surface area contributed by atoms with Crippen LogP contribution in [0.2, 0.25) is 0 Å². The van der Waals surface area contributed by atoms with E-state index in [0.717, 1.165) is 0 Å². The third-order valence-corrected chi connectivity index (χ3v) is 12.0. The van der Waals surface area contributed by atoms with Gasteiger partial charge >= 0.3 is 0 Å². The van der Waals surface area contributed by atoms with Gasteiger partial charge in [-0.2, -0.15) is 0 Å². The van der Waals surface area contributed by atoms with Gasteiger partial charge in [0.2, 0.25) is 0 Å². The lowest BCUT2D eigenvalue weighted by atomic mass is 10.3. The molecule has 0 aromatic heterocycles. The molecule has 0 aliphatic heterocycles. The summed E-state index contributed by atoms with van der Waals surface area (Å²) in [5, 5.41) is 0. The highest BCUT2D eigenvalue weighted by Crippen LogP contribution is 2.12. The number of rotatable bonds is 62. The van der Waals surface area contributed by atoms with E-state index in [0.29, 0.717) is 143 Å². The van der Waals surface area contributed by atoms with Crippen LogP contribution in [-0.4, -0.2) is 259 Å². The summed E-state index contributed by atoms with van der Waals surface area (Å²) < 4.78 is 129. The van der Waals surface area contributed by atoms with Gasteiger partial charge in [-0.25, -0.2) is 0 Å². The Bertz CT molecular complexity index is 826. The second kappa shape index (κ2) is 64.2. The summed E-state index contributed by atoms with van der Waals surface area (Å²) in [5.41, 5.74) is 0. The van der Waals surface area contributed by atoms with Crippen molar-refractivity contribution >= 4 is 181 Å². The molecule has 0 unspecified atom stereocenters. The summed E-state index contributed by atoms with van der Waals surface area (Å²) >= 11 is 17.3. The Balaban J connectivity index is 6.76. The van der Waals surface area contributed by atoms with E-state index < -0.39 is 36.6 Å². The molecule has 29 heteroatoms. The molecule has 428 valence electrons. The standard InChI is InChI=1S/C42H78I8O21/c43-29-59-9-1-51-17-37(18-52-2-10-60-30-44)67-25-41(26-68-38(19-53-3-11-61-31-45)20-54-4-12-62-32-46)71-42(27-69-39(21-55-5-13-63-33-47)22-56-6-14-64-34-48)28-70-40(23-57-7-15-65-35-49)24-58-8-16-66-36-50/h37-42H,1-36H2. The molecule has 0 radical (unpaired) electrons. The van der Waals surface area contributed by atoms with Gasteiger partial charge in [0.05, 0.1) is 222 Å². The summed E-state index contributed by atoms with van der Waals surface area (Å²) in [4.78, 5) is 0. The monoisotopic (exact) mass is 1930 g/mol. The molecule has 0 fully saturated rings. The highest BCUT2D eigenvalue weighted by atomic mass is 127. The van der Waals surface area contributed by atoms with Crippen LogP contribution < -0.4 is 0 Å². The van der Waals surface area contributed by atoms with E-state index in [9.17, 15) is 0 Å². The molecule has 0 spiro atoms. The molecule has 0 saturated heterocycles. The van der Waals surface area contributed by atoms with Crippen LogP contribution >= 0.6 is 181 Å². The molecule has 71 heavy (non-hydrogen) atoms. The molecular weight excluding hydrogens is 1860 g/mol. The molecule has 0 rings (SSSR count). The molecular formula is C42H78I8O21. The fraction of sp³-hybridized carbons (Fsp3) is 1.00. The molecule has 0 aliphatic rings. The van der Waals surface area contributed by atoms with Crippen molar-refractivity contribution in [1.29, 1.82) is 0 Å². The molecule has 21 nitrogen and oxygen atoms in total. The van der Waals surface area contributed by atoms with Crippen LogP contribution in [0, 0.1) is 0 Å². The van der Waals surface area contributed by atoms with E-state index in [1.54, 1.807) is 0 Å². The molecule has 0 aromatic rings. The summed E-state index contributed by atoms with van der Waals surface area (Å²) in [6, 6.07) is 0. The molecule has 0 aromatic carbocycles. The fourth-order valence-corrected chi connectivity index (χ4v) is 7.67. The lowest BCUT2D eigenvalue weighted by molar-refractivity contribution is -0.179. The topological polar surface area (TPSA) is 194 Å². The van der Waals surface area contributed by atoms with Crippen LogP contribution in [0.4, 0.5) is 0 Å². The smallest absolute Gasteiger partial charge is 0.105 e. The largest absolute Gasteiger partial charge is 0.376 e. The summed E-state index contributed by atoms with van der Waals surface area (Å²) in [7, 11) is 0. The van der Waals surface area contributed by atoms with E-state index in [4.69, 9.17) is 99.5 Å². The number of halogens is 8. The van der Waals surface area contributed by atoms with Crippen molar-refractivity contribution in [3.63, 3.8) is 0 Å². The summed E-state index contributed by atoms with van der Waals surface area (Å²) in [5.74, 6) is 0. The Labute approximate surface area is 531 Å². The van der Waals surface area contributed by atoms with Crippen molar-refractivity contribution < 1.29 is 99.5 Å². The SMILES string of the molecule is ICOCCOCC(COCCOCI)OCC(COC(COCCOCI)COCCOCI)OC(COC(COCCOCI)COCCOCI)COC(COCCOCI)COCCOCI. The zero-order valence-corrected chi connectivity index (χ0v) is 57.8. The van der Waals surface area contributed by atoms with Crippen LogP contribution in [0.25, 0.3) is 0 Å². The van der Waals surface area contributed by atoms with Crippen molar-refractivity contribution in [2.75, 3.05) is 222 Å². The number of ether oxygens (including phenoxy) is 21. The highest BCUT2D eigenvalue weighted by molar-refractivity contribution is 14.1. The first-order chi connectivity index (χ1) is 35.0. The van der Waals surface area contributed by atoms with Crippen LogP contribution in [0.15, 0.2) is 0 Å². The second-order valence-electron chi connectivity index (χ2n) is 13.9. The van der Waals surface area contributed by atoms with Crippen LogP contribution in [-0.2, 0) is 99.5 Å². The molecule has 0 bridgehead atoms. The van der Waals surface area contributed by atoms with Gasteiger partial charge in [0, 0.05) is 0 Å². The third kappa shape index (κ3) is 55.3. The van der Waals surface area contributed by atoms with Crippen molar-refractivity contribution in [2.24, 2.45) is 0 Å². The molecule has 0 saturated carbocycles. The van der Waals surface area contributed by atoms with Gasteiger partial charge in [-0.15, -0.1) is 0 Å². The van der Waals surface area contributed by atoms with E-state index in [1.165, 1.54) is 0 Å². The molecule has 0 atom stereocenters. The van der Waals surface area contributed by atoms with Gasteiger partial charge in [0.1, 0.15) is 36.6 Å². The first kappa shape index (κ1) is 76.0. The van der Waals surface area contributed by atoms with E-state index >= 15 is 0 Å². The number of hydrogen-bond donors (Lipinski definition) is 0. The Hall–Kier alpha value is 5.00. The maximum absolute atomic E-state index is 6.92. The minimum atomic E-state index is -0.657. The van der Waals surface area contributed by atoms with Crippen molar-refractivity contribution in [2.45, 2.75) is 36.6 Å². The van der Waals surface area contributed by atoms with E-state index in [1.807, 2.05) is 0 Å². The predicted octanol–water partition coefficient (Wildman–Crippen LogP) is 6.69. The highest BCUT2D eigenvalue weighted by Gasteiger charge is 2.26. The maximum atomic E-state index is 6.92. The molecule has 0 heterocycles. The Morgan fingerprint density at radius 1 is 0.169 bits per heavy atom. The average molecular weight is 1930 g/mol. The average Bonchev–Trinajstić information content (AvgIpc) is 3.38.